The van der Waals surface area contributed by atoms with E-state index in [2.05, 4.69) is 47.9 Å². The van der Waals surface area contributed by atoms with Gasteiger partial charge in [0.15, 0.2) is 0 Å². The van der Waals surface area contributed by atoms with Gasteiger partial charge in [0, 0.05) is 11.6 Å². The first-order valence-electron chi connectivity index (χ1n) is 8.22. The van der Waals surface area contributed by atoms with Gasteiger partial charge in [0.25, 0.3) is 5.91 Å². The Morgan fingerprint density at radius 1 is 1.18 bits per heavy atom. The summed E-state index contributed by atoms with van der Waals surface area (Å²) in [7, 11) is 0. The summed E-state index contributed by atoms with van der Waals surface area (Å²) in [5.74, 6) is 0.0819. The molecule has 0 bridgehead atoms. The Morgan fingerprint density at radius 3 is 2.64 bits per heavy atom. The van der Waals surface area contributed by atoms with Crippen LogP contribution in [-0.2, 0) is 4.79 Å². The number of piperidine rings is 1. The molecule has 116 valence electrons. The predicted molar refractivity (Wildman–Crippen MR) is 90.5 cm³/mol. The smallest absolute Gasteiger partial charge is 0.251 e. The monoisotopic (exact) mass is 296 g/mol. The number of aryl methyl sites for hydroxylation is 1. The van der Waals surface area contributed by atoms with Crippen molar-refractivity contribution in [3.63, 3.8) is 0 Å². The lowest BCUT2D eigenvalue weighted by molar-refractivity contribution is -0.118. The van der Waals surface area contributed by atoms with E-state index in [4.69, 9.17) is 0 Å². The van der Waals surface area contributed by atoms with Crippen LogP contribution in [0.1, 0.15) is 36.8 Å². The lowest BCUT2D eigenvalue weighted by atomic mass is 9.90. The highest BCUT2D eigenvalue weighted by molar-refractivity contribution is 6.04. The van der Waals surface area contributed by atoms with Gasteiger partial charge in [-0.1, -0.05) is 42.0 Å². The average molecular weight is 296 g/mol. The molecule has 22 heavy (non-hydrogen) atoms. The van der Waals surface area contributed by atoms with E-state index in [9.17, 15) is 4.79 Å². The second kappa shape index (κ2) is 6.93. The summed E-state index contributed by atoms with van der Waals surface area (Å²) in [4.78, 5) is 12.7. The maximum absolute atomic E-state index is 12.7. The van der Waals surface area contributed by atoms with Gasteiger partial charge in [0.2, 0.25) is 0 Å². The molecule has 1 saturated heterocycles. The lowest BCUT2D eigenvalue weighted by Crippen LogP contribution is -2.43. The number of carbonyl (C=O) groups excluding carboxylic acids is 1. The number of nitrogens with one attached hydrogen (secondary N) is 2. The third-order valence-corrected chi connectivity index (χ3v) is 4.49. The Morgan fingerprint density at radius 2 is 1.91 bits per heavy atom. The fourth-order valence-electron chi connectivity index (χ4n) is 3.16. The van der Waals surface area contributed by atoms with Gasteiger partial charge in [-0.2, -0.15) is 0 Å². The topological polar surface area (TPSA) is 41.1 Å². The zero-order chi connectivity index (χ0) is 15.4. The van der Waals surface area contributed by atoms with Crippen LogP contribution in [0.2, 0.25) is 0 Å². The molecule has 1 aromatic carbocycles. The molecule has 3 nitrogen and oxygen atoms in total. The van der Waals surface area contributed by atoms with Gasteiger partial charge < -0.3 is 10.6 Å². The number of hydrogen-bond acceptors (Lipinski definition) is 2. The van der Waals surface area contributed by atoms with Crippen LogP contribution >= 0.6 is 0 Å². The number of benzene rings is 1. The number of rotatable bonds is 3. The molecule has 1 aliphatic heterocycles. The van der Waals surface area contributed by atoms with Crippen LogP contribution in [0, 0.1) is 6.92 Å². The van der Waals surface area contributed by atoms with Gasteiger partial charge in [-0.3, -0.25) is 4.79 Å². The second-order valence-electron chi connectivity index (χ2n) is 6.20. The minimum absolute atomic E-state index is 0.0819. The number of allylic oxidation sites excluding steroid dienone is 2. The van der Waals surface area contributed by atoms with Crippen molar-refractivity contribution in [3.8, 4) is 0 Å². The summed E-state index contributed by atoms with van der Waals surface area (Å²) < 4.78 is 0. The van der Waals surface area contributed by atoms with E-state index in [1.165, 1.54) is 16.7 Å². The molecule has 3 heteroatoms. The third kappa shape index (κ3) is 3.47. The van der Waals surface area contributed by atoms with E-state index >= 15 is 0 Å². The molecule has 0 unspecified atom stereocenters. The Labute approximate surface area is 132 Å². The van der Waals surface area contributed by atoms with Crippen molar-refractivity contribution >= 4 is 11.5 Å². The first-order chi connectivity index (χ1) is 10.7. The summed E-state index contributed by atoms with van der Waals surface area (Å²) >= 11 is 0. The average Bonchev–Trinajstić information content (AvgIpc) is 2.56. The molecule has 1 amide bonds. The summed E-state index contributed by atoms with van der Waals surface area (Å²) in [5, 5.41) is 6.54. The number of amides is 1. The Kier molecular flexibility index (Phi) is 4.74. The van der Waals surface area contributed by atoms with E-state index in [1.807, 2.05) is 6.08 Å². The van der Waals surface area contributed by atoms with Crippen molar-refractivity contribution in [1.29, 1.82) is 0 Å². The highest BCUT2D eigenvalue weighted by Crippen LogP contribution is 2.29. The molecule has 1 fully saturated rings. The fraction of sp³-hybridized carbons (Fsp3) is 0.421. The zero-order valence-electron chi connectivity index (χ0n) is 13.2. The van der Waals surface area contributed by atoms with Gasteiger partial charge in [-0.05, 0) is 56.8 Å². The van der Waals surface area contributed by atoms with Gasteiger partial charge >= 0.3 is 0 Å². The molecule has 0 saturated carbocycles. The van der Waals surface area contributed by atoms with Crippen molar-refractivity contribution in [1.82, 2.24) is 10.6 Å². The van der Waals surface area contributed by atoms with Gasteiger partial charge in [0.1, 0.15) is 0 Å². The van der Waals surface area contributed by atoms with E-state index in [1.54, 1.807) is 0 Å². The number of hydrogen-bond donors (Lipinski definition) is 2. The third-order valence-electron chi connectivity index (χ3n) is 4.49. The molecule has 2 N–H and O–H groups in total. The van der Waals surface area contributed by atoms with Crippen LogP contribution in [0.3, 0.4) is 0 Å². The minimum atomic E-state index is 0.0819. The molecular weight excluding hydrogens is 272 g/mol. The van der Waals surface area contributed by atoms with Gasteiger partial charge in [0.05, 0.1) is 0 Å². The summed E-state index contributed by atoms with van der Waals surface area (Å²) in [5.41, 5.74) is 4.43. The highest BCUT2D eigenvalue weighted by atomic mass is 16.1. The van der Waals surface area contributed by atoms with E-state index in [0.29, 0.717) is 6.04 Å². The standard InChI is InChI=1S/C19H24N2O/c1-14-6-8-15(9-7-14)17-4-2-3-5-18(17)19(22)21-16-10-12-20-13-11-16/h3,5-9,16,20H,2,4,10-13H2,1H3,(H,21,22). The first kappa shape index (κ1) is 15.0. The SMILES string of the molecule is Cc1ccc(C2=C(C(=O)NC3CCNCC3)C=CCC2)cc1. The van der Waals surface area contributed by atoms with Crippen LogP contribution in [0.15, 0.2) is 42.0 Å². The molecule has 1 aromatic rings. The molecule has 0 aromatic heterocycles. The molecule has 0 atom stereocenters. The predicted octanol–water partition coefficient (Wildman–Crippen LogP) is 2.97. The maximum atomic E-state index is 12.7. The molecule has 1 heterocycles. The Balaban J connectivity index is 1.82. The van der Waals surface area contributed by atoms with Crippen molar-refractivity contribution in [2.24, 2.45) is 0 Å². The van der Waals surface area contributed by atoms with Gasteiger partial charge in [-0.15, -0.1) is 0 Å². The molecule has 0 radical (unpaired) electrons. The molecule has 0 spiro atoms. The van der Waals surface area contributed by atoms with Crippen LogP contribution in [0.4, 0.5) is 0 Å². The van der Waals surface area contributed by atoms with Gasteiger partial charge in [-0.25, -0.2) is 0 Å². The van der Waals surface area contributed by atoms with Crippen molar-refractivity contribution in [3.05, 3.63) is 53.1 Å². The van der Waals surface area contributed by atoms with Crippen molar-refractivity contribution in [2.75, 3.05) is 13.1 Å². The molecule has 2 aliphatic rings. The van der Waals surface area contributed by atoms with Crippen molar-refractivity contribution in [2.45, 2.75) is 38.6 Å². The van der Waals surface area contributed by atoms with Crippen LogP contribution in [-0.4, -0.2) is 25.0 Å². The summed E-state index contributed by atoms with van der Waals surface area (Å²) in [6.45, 7) is 4.07. The van der Waals surface area contributed by atoms with E-state index in [-0.39, 0.29) is 5.91 Å². The van der Waals surface area contributed by atoms with E-state index < -0.39 is 0 Å². The molecular formula is C19H24N2O. The fourth-order valence-corrected chi connectivity index (χ4v) is 3.16. The quantitative estimate of drug-likeness (QED) is 0.900. The number of carbonyl (C=O) groups is 1. The summed E-state index contributed by atoms with van der Waals surface area (Å²) in [6, 6.07) is 8.78. The Hall–Kier alpha value is -1.87. The van der Waals surface area contributed by atoms with Crippen LogP contribution in [0.25, 0.3) is 5.57 Å². The lowest BCUT2D eigenvalue weighted by Gasteiger charge is -2.25. The Bertz CT molecular complexity index is 592. The molecule has 3 rings (SSSR count). The summed E-state index contributed by atoms with van der Waals surface area (Å²) in [6.07, 6.45) is 8.08. The minimum Gasteiger partial charge on any atom is -0.349 e. The first-order valence-corrected chi connectivity index (χ1v) is 8.22. The normalized spacial score (nSPS) is 19.3. The second-order valence-corrected chi connectivity index (χ2v) is 6.20. The largest absolute Gasteiger partial charge is 0.349 e. The zero-order valence-corrected chi connectivity index (χ0v) is 13.2. The highest BCUT2D eigenvalue weighted by Gasteiger charge is 2.21. The van der Waals surface area contributed by atoms with Crippen LogP contribution < -0.4 is 10.6 Å². The van der Waals surface area contributed by atoms with Crippen molar-refractivity contribution < 1.29 is 4.79 Å². The van der Waals surface area contributed by atoms with Crippen LogP contribution in [0.5, 0.6) is 0 Å². The molecule has 1 aliphatic carbocycles. The van der Waals surface area contributed by atoms with E-state index in [0.717, 1.165) is 44.3 Å². The maximum Gasteiger partial charge on any atom is 0.251 e.